The van der Waals surface area contributed by atoms with Crippen molar-refractivity contribution < 1.29 is 23.8 Å². The first-order valence-corrected chi connectivity index (χ1v) is 16.6. The number of likely N-dealkylation sites (N-methyl/N-ethyl adjacent to an activating group) is 1. The van der Waals surface area contributed by atoms with E-state index in [1.165, 1.54) is 0 Å². The van der Waals surface area contributed by atoms with Gasteiger partial charge >= 0.3 is 6.09 Å². The lowest BCUT2D eigenvalue weighted by Crippen LogP contribution is -2.51. The summed E-state index contributed by atoms with van der Waals surface area (Å²) in [5, 5.41) is 8.72. The number of amides is 1. The second-order valence-electron chi connectivity index (χ2n) is 13.3. The van der Waals surface area contributed by atoms with E-state index in [-0.39, 0.29) is 29.9 Å². The van der Waals surface area contributed by atoms with Crippen molar-refractivity contribution in [2.75, 3.05) is 33.9 Å². The molecule has 0 saturated carbocycles. The van der Waals surface area contributed by atoms with E-state index in [2.05, 4.69) is 38.8 Å². The van der Waals surface area contributed by atoms with Gasteiger partial charge in [-0.3, -0.25) is 4.90 Å². The van der Waals surface area contributed by atoms with Crippen molar-refractivity contribution in [2.45, 2.75) is 110 Å². The van der Waals surface area contributed by atoms with Crippen molar-refractivity contribution in [2.24, 2.45) is 0 Å². The molecule has 1 amide bonds. The van der Waals surface area contributed by atoms with Gasteiger partial charge in [-0.05, 0) is 97.9 Å². The Hall–Kier alpha value is -1.23. The minimum Gasteiger partial charge on any atom is -0.444 e. The zero-order chi connectivity index (χ0) is 29.7. The number of aliphatic hydroxyl groups is 1. The van der Waals surface area contributed by atoms with Gasteiger partial charge in [0.25, 0.3) is 0 Å². The smallest absolute Gasteiger partial charge is 0.412 e. The predicted octanol–water partition coefficient (Wildman–Crippen LogP) is 5.89. The molecule has 1 N–H and O–H groups in total. The quantitative estimate of drug-likeness (QED) is 0.321. The van der Waals surface area contributed by atoms with Crippen molar-refractivity contribution >= 4 is 26.0 Å². The number of rotatable bonds is 7. The normalized spacial score (nSPS) is 19.8. The standard InChI is InChI=1S/C24H41ClN2O4Si.C4H11NO/c1-16-12-17(14-20(25)26-16)13-18-19(15-29-32(10,11)23(5,6)7)30-24(8,9)27(18)21(28)31-22(2,3)4;1-5(2)3-4-6/h12,14,18-19H,13,15H2,1-11H3;6H,3-4H2,1-2H3/t18-,19+;/m0./s1. The van der Waals surface area contributed by atoms with E-state index >= 15 is 0 Å². The van der Waals surface area contributed by atoms with Crippen molar-refractivity contribution in [3.63, 3.8) is 0 Å². The molecule has 2 heterocycles. The summed E-state index contributed by atoms with van der Waals surface area (Å²) in [6.07, 6.45) is -0.116. The average Bonchev–Trinajstić information content (AvgIpc) is 2.93. The van der Waals surface area contributed by atoms with Gasteiger partial charge < -0.3 is 23.9 Å². The van der Waals surface area contributed by atoms with E-state index < -0.39 is 19.6 Å². The van der Waals surface area contributed by atoms with Gasteiger partial charge in [0.2, 0.25) is 0 Å². The summed E-state index contributed by atoms with van der Waals surface area (Å²) in [4.78, 5) is 21.2. The highest BCUT2D eigenvalue weighted by Crippen LogP contribution is 2.39. The van der Waals surface area contributed by atoms with Crippen LogP contribution in [0.1, 0.15) is 66.6 Å². The van der Waals surface area contributed by atoms with Crippen LogP contribution in [0.15, 0.2) is 12.1 Å². The molecule has 0 aromatic carbocycles. The van der Waals surface area contributed by atoms with E-state index in [9.17, 15) is 4.79 Å². The topological polar surface area (TPSA) is 84.4 Å². The number of aliphatic hydroxyl groups excluding tert-OH is 1. The molecule has 0 aliphatic carbocycles. The molecular weight excluding hydrogens is 522 g/mol. The lowest BCUT2D eigenvalue weighted by Gasteiger charge is -2.37. The summed E-state index contributed by atoms with van der Waals surface area (Å²) >= 11 is 6.22. The van der Waals surface area contributed by atoms with Crippen molar-refractivity contribution in [3.05, 3.63) is 28.5 Å². The minimum atomic E-state index is -1.99. The van der Waals surface area contributed by atoms with Gasteiger partial charge in [0.15, 0.2) is 8.32 Å². The molecule has 1 saturated heterocycles. The third-order valence-electron chi connectivity index (χ3n) is 6.76. The third kappa shape index (κ3) is 10.7. The number of aryl methyl sites for hydroxylation is 1. The number of nitrogens with zero attached hydrogens (tertiary/aromatic N) is 3. The highest BCUT2D eigenvalue weighted by Gasteiger charge is 2.52. The number of pyridine rings is 1. The highest BCUT2D eigenvalue weighted by molar-refractivity contribution is 6.74. The molecule has 0 unspecified atom stereocenters. The molecule has 8 nitrogen and oxygen atoms in total. The van der Waals surface area contributed by atoms with Crippen LogP contribution in [-0.4, -0.2) is 91.6 Å². The zero-order valence-corrected chi connectivity index (χ0v) is 27.7. The van der Waals surface area contributed by atoms with Gasteiger partial charge in [-0.1, -0.05) is 32.4 Å². The summed E-state index contributed by atoms with van der Waals surface area (Å²) in [5.41, 5.74) is 0.396. The van der Waals surface area contributed by atoms with Crippen LogP contribution in [-0.2, 0) is 20.3 Å². The van der Waals surface area contributed by atoms with Gasteiger partial charge in [-0.15, -0.1) is 0 Å². The van der Waals surface area contributed by atoms with Crippen LogP contribution >= 0.6 is 11.6 Å². The predicted molar refractivity (Wildman–Crippen MR) is 157 cm³/mol. The fraction of sp³-hybridized carbons (Fsp3) is 0.786. The van der Waals surface area contributed by atoms with Gasteiger partial charge in [-0.25, -0.2) is 9.78 Å². The minimum absolute atomic E-state index is 0.0806. The van der Waals surface area contributed by atoms with Crippen molar-refractivity contribution in [1.82, 2.24) is 14.8 Å². The molecule has 2 rings (SSSR count). The summed E-state index contributed by atoms with van der Waals surface area (Å²) in [6.45, 7) is 23.8. The largest absolute Gasteiger partial charge is 0.444 e. The number of hydrogen-bond donors (Lipinski definition) is 1. The van der Waals surface area contributed by atoms with E-state index in [1.54, 1.807) is 4.90 Å². The maximum absolute atomic E-state index is 13.3. The Morgan fingerprint density at radius 1 is 1.21 bits per heavy atom. The van der Waals surface area contributed by atoms with Crippen LogP contribution in [0, 0.1) is 6.92 Å². The molecule has 0 radical (unpaired) electrons. The Kier molecular flexibility index (Phi) is 12.3. The molecule has 2 atom stereocenters. The lowest BCUT2D eigenvalue weighted by molar-refractivity contribution is -0.0855. The Morgan fingerprint density at radius 2 is 1.79 bits per heavy atom. The first kappa shape index (κ1) is 34.8. The Balaban J connectivity index is 0.00000107. The Labute approximate surface area is 237 Å². The van der Waals surface area contributed by atoms with E-state index in [0.717, 1.165) is 17.8 Å². The molecule has 1 aliphatic rings. The first-order chi connectivity index (χ1) is 17.1. The van der Waals surface area contributed by atoms with Gasteiger partial charge in [0.1, 0.15) is 22.6 Å². The second-order valence-corrected chi connectivity index (χ2v) is 18.5. The highest BCUT2D eigenvalue weighted by atomic mass is 35.5. The number of aromatic nitrogens is 1. The molecule has 0 spiro atoms. The van der Waals surface area contributed by atoms with Gasteiger partial charge in [0, 0.05) is 12.2 Å². The molecule has 10 heteroatoms. The van der Waals surface area contributed by atoms with Gasteiger partial charge in [-0.2, -0.15) is 0 Å². The molecular formula is C28H52ClN3O5Si. The van der Waals surface area contributed by atoms with Gasteiger partial charge in [0.05, 0.1) is 19.3 Å². The number of hydrogen-bond acceptors (Lipinski definition) is 7. The lowest BCUT2D eigenvalue weighted by atomic mass is 10.0. The van der Waals surface area contributed by atoms with E-state index in [4.69, 9.17) is 30.6 Å². The fourth-order valence-corrected chi connectivity index (χ4v) is 5.16. The van der Waals surface area contributed by atoms with Crippen LogP contribution in [0.3, 0.4) is 0 Å². The molecule has 38 heavy (non-hydrogen) atoms. The SMILES string of the molecule is CN(C)CCO.Cc1cc(C[C@H]2[C@@H](CO[Si](C)(C)C(C)(C)C)OC(C)(C)N2C(=O)OC(C)(C)C)cc(Cl)n1. The molecule has 220 valence electrons. The van der Waals surface area contributed by atoms with Crippen LogP contribution in [0.2, 0.25) is 23.3 Å². The van der Waals surface area contributed by atoms with Crippen LogP contribution < -0.4 is 0 Å². The van der Waals surface area contributed by atoms with Crippen LogP contribution in [0.4, 0.5) is 4.79 Å². The monoisotopic (exact) mass is 573 g/mol. The number of carbonyl (C=O) groups excluding carboxylic acids is 1. The molecule has 1 aromatic rings. The first-order valence-electron chi connectivity index (χ1n) is 13.3. The third-order valence-corrected chi connectivity index (χ3v) is 11.5. The molecule has 1 aliphatic heterocycles. The maximum atomic E-state index is 13.3. The number of ether oxygens (including phenoxy) is 2. The molecule has 1 fully saturated rings. The Morgan fingerprint density at radius 3 is 2.21 bits per heavy atom. The molecule has 0 bridgehead atoms. The molecule has 1 aromatic heterocycles. The van der Waals surface area contributed by atoms with Crippen LogP contribution in [0.5, 0.6) is 0 Å². The summed E-state index contributed by atoms with van der Waals surface area (Å²) < 4.78 is 18.7. The zero-order valence-electron chi connectivity index (χ0n) is 25.9. The average molecular weight is 574 g/mol. The van der Waals surface area contributed by atoms with Crippen molar-refractivity contribution in [3.8, 4) is 0 Å². The Bertz CT molecular complexity index is 892. The van der Waals surface area contributed by atoms with E-state index in [1.807, 2.05) is 72.7 Å². The fourth-order valence-electron chi connectivity index (χ4n) is 3.87. The van der Waals surface area contributed by atoms with E-state index in [0.29, 0.717) is 18.2 Å². The summed E-state index contributed by atoms with van der Waals surface area (Å²) in [7, 11) is 1.86. The van der Waals surface area contributed by atoms with Crippen LogP contribution in [0.25, 0.3) is 0 Å². The number of halogens is 1. The summed E-state index contributed by atoms with van der Waals surface area (Å²) in [5.74, 6) is 0. The van der Waals surface area contributed by atoms with Crippen molar-refractivity contribution in [1.29, 1.82) is 0 Å². The maximum Gasteiger partial charge on any atom is 0.412 e. The second kappa shape index (κ2) is 13.4. The number of carbonyl (C=O) groups is 1. The summed E-state index contributed by atoms with van der Waals surface area (Å²) in [6, 6.07) is 3.58.